The number of carbonyl (C=O) groups excluding carboxylic acids is 1. The topological polar surface area (TPSA) is 79.4 Å². The maximum atomic E-state index is 13.0. The van der Waals surface area contributed by atoms with E-state index in [1.54, 1.807) is 19.2 Å². The third kappa shape index (κ3) is 4.51. The highest BCUT2D eigenvalue weighted by atomic mass is 32.2. The first-order chi connectivity index (χ1) is 14.8. The maximum absolute atomic E-state index is 13.0. The molecule has 0 saturated heterocycles. The van der Waals surface area contributed by atoms with Crippen LogP contribution in [0.1, 0.15) is 53.6 Å². The molecule has 1 saturated carbocycles. The Balaban J connectivity index is 1.49. The van der Waals surface area contributed by atoms with Crippen LogP contribution in [0, 0.1) is 13.8 Å². The highest BCUT2D eigenvalue weighted by Gasteiger charge is 2.29. The van der Waals surface area contributed by atoms with Gasteiger partial charge in [-0.1, -0.05) is 30.6 Å². The second-order valence-corrected chi connectivity index (χ2v) is 11.2. The molecule has 1 amide bonds. The zero-order valence-electron chi connectivity index (χ0n) is 18.0. The molecule has 1 aliphatic carbocycles. The van der Waals surface area contributed by atoms with Gasteiger partial charge in [0.25, 0.3) is 5.91 Å². The molecule has 3 aromatic rings. The van der Waals surface area contributed by atoms with Gasteiger partial charge in [-0.3, -0.25) is 10.1 Å². The Morgan fingerprint density at radius 2 is 1.71 bits per heavy atom. The molecule has 164 valence electrons. The lowest BCUT2D eigenvalue weighted by atomic mass is 9.96. The molecule has 1 heterocycles. The fourth-order valence-corrected chi connectivity index (χ4v) is 6.34. The number of carbonyl (C=O) groups is 1. The molecule has 4 rings (SSSR count). The SMILES string of the molecule is Cc1cc2nc(NC(=O)c3ccc(S(=O)(=O)N(C)C4CCCCC4)cc3)sc2cc1C. The Labute approximate surface area is 187 Å². The van der Waals surface area contributed by atoms with Gasteiger partial charge in [0.15, 0.2) is 5.13 Å². The number of fused-ring (bicyclic) bond motifs is 1. The number of hydrogen-bond acceptors (Lipinski definition) is 5. The van der Waals surface area contributed by atoms with Gasteiger partial charge in [0.2, 0.25) is 10.0 Å². The first kappa shape index (κ1) is 21.9. The van der Waals surface area contributed by atoms with Gasteiger partial charge in [-0.05, 0) is 74.2 Å². The second-order valence-electron chi connectivity index (χ2n) is 8.21. The Bertz CT molecular complexity index is 1170. The Morgan fingerprint density at radius 1 is 1.06 bits per heavy atom. The van der Waals surface area contributed by atoms with Crippen LogP contribution in [0.5, 0.6) is 0 Å². The Hall–Kier alpha value is -2.29. The summed E-state index contributed by atoms with van der Waals surface area (Å²) in [6.07, 6.45) is 5.10. The highest BCUT2D eigenvalue weighted by molar-refractivity contribution is 7.89. The summed E-state index contributed by atoms with van der Waals surface area (Å²) in [5, 5.41) is 3.35. The second kappa shape index (κ2) is 8.68. The molecule has 0 unspecified atom stereocenters. The van der Waals surface area contributed by atoms with Crippen molar-refractivity contribution < 1.29 is 13.2 Å². The average molecular weight is 458 g/mol. The lowest BCUT2D eigenvalue weighted by Gasteiger charge is -2.30. The van der Waals surface area contributed by atoms with Crippen molar-refractivity contribution in [1.29, 1.82) is 0 Å². The van der Waals surface area contributed by atoms with E-state index in [0.29, 0.717) is 10.7 Å². The molecule has 0 atom stereocenters. The summed E-state index contributed by atoms with van der Waals surface area (Å²) in [4.78, 5) is 17.4. The molecular formula is C23H27N3O3S2. The van der Waals surface area contributed by atoms with Crippen LogP contribution >= 0.6 is 11.3 Å². The number of hydrogen-bond donors (Lipinski definition) is 1. The minimum atomic E-state index is -3.57. The molecule has 1 aromatic heterocycles. The van der Waals surface area contributed by atoms with Gasteiger partial charge < -0.3 is 0 Å². The van der Waals surface area contributed by atoms with Crippen LogP contribution in [0.4, 0.5) is 5.13 Å². The summed E-state index contributed by atoms with van der Waals surface area (Å²) in [6.45, 7) is 4.09. The molecule has 31 heavy (non-hydrogen) atoms. The summed E-state index contributed by atoms with van der Waals surface area (Å²) >= 11 is 1.42. The highest BCUT2D eigenvalue weighted by Crippen LogP contribution is 2.29. The number of thiazole rings is 1. The number of sulfonamides is 1. The molecular weight excluding hydrogens is 430 g/mol. The molecule has 0 radical (unpaired) electrons. The molecule has 0 bridgehead atoms. The van der Waals surface area contributed by atoms with Crippen molar-refractivity contribution >= 4 is 42.6 Å². The van der Waals surface area contributed by atoms with Crippen molar-refractivity contribution in [2.45, 2.75) is 56.9 Å². The van der Waals surface area contributed by atoms with E-state index in [-0.39, 0.29) is 16.8 Å². The van der Waals surface area contributed by atoms with Gasteiger partial charge in [-0.2, -0.15) is 4.31 Å². The van der Waals surface area contributed by atoms with E-state index in [9.17, 15) is 13.2 Å². The van der Waals surface area contributed by atoms with E-state index in [1.165, 1.54) is 39.8 Å². The number of nitrogens with zero attached hydrogens (tertiary/aromatic N) is 2. The van der Waals surface area contributed by atoms with Gasteiger partial charge in [-0.15, -0.1) is 0 Å². The van der Waals surface area contributed by atoms with Gasteiger partial charge in [0.05, 0.1) is 15.1 Å². The number of amides is 1. The molecule has 0 aliphatic heterocycles. The average Bonchev–Trinajstić information content (AvgIpc) is 3.14. The van der Waals surface area contributed by atoms with E-state index in [4.69, 9.17) is 0 Å². The lowest BCUT2D eigenvalue weighted by Crippen LogP contribution is -2.38. The molecule has 8 heteroatoms. The Morgan fingerprint density at radius 3 is 2.39 bits per heavy atom. The summed E-state index contributed by atoms with van der Waals surface area (Å²) in [5.41, 5.74) is 3.59. The van der Waals surface area contributed by atoms with Gasteiger partial charge >= 0.3 is 0 Å². The summed E-state index contributed by atoms with van der Waals surface area (Å²) in [5.74, 6) is -0.308. The summed E-state index contributed by atoms with van der Waals surface area (Å²) in [7, 11) is -1.92. The predicted molar refractivity (Wildman–Crippen MR) is 125 cm³/mol. The van der Waals surface area contributed by atoms with Gasteiger partial charge in [-0.25, -0.2) is 13.4 Å². The van der Waals surface area contributed by atoms with Crippen molar-refractivity contribution in [1.82, 2.24) is 9.29 Å². The monoisotopic (exact) mass is 457 g/mol. The minimum absolute atomic E-state index is 0.0491. The number of anilines is 1. The van der Waals surface area contributed by atoms with Crippen molar-refractivity contribution in [2.75, 3.05) is 12.4 Å². The van der Waals surface area contributed by atoms with E-state index < -0.39 is 10.0 Å². The van der Waals surface area contributed by atoms with Crippen LogP contribution in [0.15, 0.2) is 41.3 Å². The quantitative estimate of drug-likeness (QED) is 0.577. The number of aromatic nitrogens is 1. The van der Waals surface area contributed by atoms with Gasteiger partial charge in [0.1, 0.15) is 0 Å². The van der Waals surface area contributed by atoms with E-state index in [1.807, 2.05) is 19.9 Å². The van der Waals surface area contributed by atoms with Crippen molar-refractivity contribution in [3.63, 3.8) is 0 Å². The minimum Gasteiger partial charge on any atom is -0.298 e. The zero-order chi connectivity index (χ0) is 22.2. The van der Waals surface area contributed by atoms with Crippen LogP contribution < -0.4 is 5.32 Å². The first-order valence-corrected chi connectivity index (χ1v) is 12.8. The molecule has 2 aromatic carbocycles. The van der Waals surface area contributed by atoms with Crippen LogP contribution in [-0.2, 0) is 10.0 Å². The van der Waals surface area contributed by atoms with Crippen LogP contribution in [-0.4, -0.2) is 36.7 Å². The fraction of sp³-hybridized carbons (Fsp3) is 0.391. The normalized spacial score (nSPS) is 15.5. The molecule has 1 fully saturated rings. The molecule has 1 aliphatic rings. The zero-order valence-corrected chi connectivity index (χ0v) is 19.6. The van der Waals surface area contributed by atoms with Crippen LogP contribution in [0.2, 0.25) is 0 Å². The lowest BCUT2D eigenvalue weighted by molar-refractivity contribution is 0.102. The first-order valence-electron chi connectivity index (χ1n) is 10.5. The van der Waals surface area contributed by atoms with Crippen molar-refractivity contribution in [2.24, 2.45) is 0 Å². The number of aryl methyl sites for hydroxylation is 2. The molecule has 0 spiro atoms. The van der Waals surface area contributed by atoms with E-state index in [0.717, 1.165) is 41.5 Å². The molecule has 6 nitrogen and oxygen atoms in total. The maximum Gasteiger partial charge on any atom is 0.257 e. The summed E-state index contributed by atoms with van der Waals surface area (Å²) in [6, 6.07) is 10.3. The largest absolute Gasteiger partial charge is 0.298 e. The van der Waals surface area contributed by atoms with Crippen LogP contribution in [0.25, 0.3) is 10.2 Å². The van der Waals surface area contributed by atoms with E-state index >= 15 is 0 Å². The number of nitrogens with one attached hydrogen (secondary N) is 1. The van der Waals surface area contributed by atoms with Crippen molar-refractivity contribution in [3.05, 3.63) is 53.1 Å². The third-order valence-corrected chi connectivity index (χ3v) is 8.96. The van der Waals surface area contributed by atoms with E-state index in [2.05, 4.69) is 16.4 Å². The number of rotatable bonds is 5. The van der Waals surface area contributed by atoms with Crippen LogP contribution in [0.3, 0.4) is 0 Å². The fourth-order valence-electron chi connectivity index (χ4n) is 3.99. The summed E-state index contributed by atoms with van der Waals surface area (Å²) < 4.78 is 28.5. The standard InChI is InChI=1S/C23H27N3O3S2/c1-15-13-20-21(14-16(15)2)30-23(24-20)25-22(27)17-9-11-19(12-10-17)31(28,29)26(3)18-7-5-4-6-8-18/h9-14,18H,4-8H2,1-3H3,(H,24,25,27). The third-order valence-electron chi connectivity index (χ3n) is 6.11. The molecule has 1 N–H and O–H groups in total. The number of benzene rings is 2. The predicted octanol–water partition coefficient (Wildman–Crippen LogP) is 5.12. The smallest absolute Gasteiger partial charge is 0.257 e. The van der Waals surface area contributed by atoms with Gasteiger partial charge in [0, 0.05) is 18.7 Å². The van der Waals surface area contributed by atoms with Crippen molar-refractivity contribution in [3.8, 4) is 0 Å². The Kier molecular flexibility index (Phi) is 6.14.